The maximum atomic E-state index is 10.8. The smallest absolute Gasteiger partial charge is 0.0815 e. The van der Waals surface area contributed by atoms with E-state index in [9.17, 15) is 9.90 Å². The summed E-state index contributed by atoms with van der Waals surface area (Å²) in [4.78, 5) is 12.1. The molecule has 0 saturated heterocycles. The molecule has 84 valence electrons. The lowest BCUT2D eigenvalue weighted by molar-refractivity contribution is -0.254. The molecule has 1 aliphatic carbocycles. The maximum Gasteiger partial charge on any atom is 0.0815 e. The quantitative estimate of drug-likeness (QED) is 0.655. The summed E-state index contributed by atoms with van der Waals surface area (Å²) in [6.07, 6.45) is 4.80. The van der Waals surface area contributed by atoms with Crippen LogP contribution >= 0.6 is 11.3 Å². The molecule has 0 bridgehead atoms. The Morgan fingerprint density at radius 1 is 1.18 bits per heavy atom. The predicted octanol–water partition coefficient (Wildman–Crippen LogP) is 2.19. The topological polar surface area (TPSA) is 40.1 Å². The molecule has 0 N–H and O–H groups in total. The van der Waals surface area contributed by atoms with E-state index >= 15 is 0 Å². The van der Waals surface area contributed by atoms with Crippen LogP contribution in [0.15, 0.2) is 30.3 Å². The molecule has 0 unspecified atom stereocenters. The molecule has 0 atom stereocenters. The molecule has 17 heavy (non-hydrogen) atoms. The van der Waals surface area contributed by atoms with Gasteiger partial charge in [0.25, 0.3) is 0 Å². The normalized spacial score (nSPS) is 12.7. The third-order valence-electron chi connectivity index (χ3n) is 2.89. The van der Waals surface area contributed by atoms with Gasteiger partial charge in [0.15, 0.2) is 0 Å². The number of carbonyl (C=O) groups is 1. The Morgan fingerprint density at radius 3 is 2.82 bits per heavy atom. The van der Waals surface area contributed by atoms with Gasteiger partial charge in [0.1, 0.15) is 0 Å². The molecule has 1 aromatic carbocycles. The van der Waals surface area contributed by atoms with Gasteiger partial charge in [0, 0.05) is 4.88 Å². The first kappa shape index (κ1) is 10.3. The third-order valence-corrected chi connectivity index (χ3v) is 4.02. The van der Waals surface area contributed by atoms with Crippen molar-refractivity contribution in [3.05, 3.63) is 56.8 Å². The van der Waals surface area contributed by atoms with Crippen LogP contribution in [0.3, 0.4) is 0 Å². The van der Waals surface area contributed by atoms with E-state index in [1.54, 1.807) is 6.07 Å². The summed E-state index contributed by atoms with van der Waals surface area (Å²) in [5.74, 6) is -1.09. The molecular weight excluding hydrogens is 232 g/mol. The molecule has 0 saturated carbocycles. The van der Waals surface area contributed by atoms with E-state index in [0.717, 1.165) is 16.9 Å². The fraction of sp³-hybridized carbons (Fsp3) is 0.0714. The number of carboxylic acids is 1. The zero-order valence-electron chi connectivity index (χ0n) is 8.97. The minimum Gasteiger partial charge on any atom is -0.544 e. The van der Waals surface area contributed by atoms with Crippen LogP contribution in [0.1, 0.15) is 31.2 Å². The van der Waals surface area contributed by atoms with Crippen LogP contribution in [0.4, 0.5) is 0 Å². The van der Waals surface area contributed by atoms with Crippen molar-refractivity contribution in [3.63, 3.8) is 0 Å². The molecule has 3 rings (SSSR count). The van der Waals surface area contributed by atoms with Gasteiger partial charge < -0.3 is 9.90 Å². The van der Waals surface area contributed by atoms with E-state index in [1.165, 1.54) is 22.5 Å². The molecule has 2 aromatic rings. The Hall–Kier alpha value is -1.87. The van der Waals surface area contributed by atoms with E-state index in [1.807, 2.05) is 24.3 Å². The Kier molecular flexibility index (Phi) is 2.34. The molecule has 0 radical (unpaired) electrons. The zero-order valence-corrected chi connectivity index (χ0v) is 9.79. The summed E-state index contributed by atoms with van der Waals surface area (Å²) < 4.78 is 0. The molecule has 0 amide bonds. The van der Waals surface area contributed by atoms with Gasteiger partial charge in [0.05, 0.1) is 10.8 Å². The fourth-order valence-corrected chi connectivity index (χ4v) is 2.97. The van der Waals surface area contributed by atoms with Crippen LogP contribution in [0, 0.1) is 0 Å². The first-order chi connectivity index (χ1) is 8.24. The summed E-state index contributed by atoms with van der Waals surface area (Å²) in [6, 6.07) is 9.88. The molecule has 1 aromatic heterocycles. The molecule has 0 aliphatic heterocycles. The molecular formula is C14H9O2S-. The second-order valence-corrected chi connectivity index (χ2v) is 5.08. The number of hydrogen-bond donors (Lipinski definition) is 0. The standard InChI is InChI=1S/C14H10O2S/c15-14(16)13-8-11-7-10-4-2-1-3-9(10)5-6-12(11)17-13/h1-6,8H,7H2,(H,15,16)/p-1. The molecule has 0 spiro atoms. The van der Waals surface area contributed by atoms with Gasteiger partial charge in [-0.1, -0.05) is 30.3 Å². The van der Waals surface area contributed by atoms with Crippen molar-refractivity contribution >= 4 is 29.5 Å². The SMILES string of the molecule is O=C([O-])c1cc2c(s1)C=Cc1ccccc1C2. The highest BCUT2D eigenvalue weighted by Crippen LogP contribution is 2.30. The van der Waals surface area contributed by atoms with Gasteiger partial charge in [-0.3, -0.25) is 0 Å². The second kappa shape index (κ2) is 3.86. The average molecular weight is 241 g/mol. The summed E-state index contributed by atoms with van der Waals surface area (Å²) >= 11 is 1.28. The molecule has 3 heteroatoms. The summed E-state index contributed by atoms with van der Waals surface area (Å²) in [6.45, 7) is 0. The van der Waals surface area contributed by atoms with E-state index in [0.29, 0.717) is 4.88 Å². The minimum absolute atomic E-state index is 0.305. The Labute approximate surface area is 103 Å². The van der Waals surface area contributed by atoms with Crippen LogP contribution < -0.4 is 5.11 Å². The Morgan fingerprint density at radius 2 is 2.00 bits per heavy atom. The summed E-state index contributed by atoms with van der Waals surface area (Å²) in [7, 11) is 0. The lowest BCUT2D eigenvalue weighted by atomic mass is 10.0. The van der Waals surface area contributed by atoms with Crippen molar-refractivity contribution in [2.24, 2.45) is 0 Å². The van der Waals surface area contributed by atoms with Crippen molar-refractivity contribution in [3.8, 4) is 0 Å². The van der Waals surface area contributed by atoms with Crippen molar-refractivity contribution in [2.75, 3.05) is 0 Å². The van der Waals surface area contributed by atoms with Gasteiger partial charge in [0.2, 0.25) is 0 Å². The maximum absolute atomic E-state index is 10.8. The van der Waals surface area contributed by atoms with E-state index in [4.69, 9.17) is 0 Å². The van der Waals surface area contributed by atoms with Gasteiger partial charge >= 0.3 is 0 Å². The Balaban J connectivity index is 2.11. The number of carbonyl (C=O) groups excluding carboxylic acids is 1. The monoisotopic (exact) mass is 241 g/mol. The predicted molar refractivity (Wildman–Crippen MR) is 66.8 cm³/mol. The van der Waals surface area contributed by atoms with E-state index in [-0.39, 0.29) is 0 Å². The van der Waals surface area contributed by atoms with Crippen LogP contribution in [-0.4, -0.2) is 5.97 Å². The van der Waals surface area contributed by atoms with E-state index < -0.39 is 5.97 Å². The van der Waals surface area contributed by atoms with Gasteiger partial charge in [-0.25, -0.2) is 0 Å². The molecule has 2 nitrogen and oxygen atoms in total. The number of aromatic carboxylic acids is 1. The van der Waals surface area contributed by atoms with Gasteiger partial charge in [-0.05, 0) is 35.3 Å². The minimum atomic E-state index is -1.09. The lowest BCUT2D eigenvalue weighted by Crippen LogP contribution is -2.20. The highest BCUT2D eigenvalue weighted by atomic mass is 32.1. The first-order valence-electron chi connectivity index (χ1n) is 5.34. The van der Waals surface area contributed by atoms with Crippen LogP contribution in [-0.2, 0) is 6.42 Å². The number of benzene rings is 1. The zero-order chi connectivity index (χ0) is 11.8. The second-order valence-electron chi connectivity index (χ2n) is 4.00. The van der Waals surface area contributed by atoms with Gasteiger partial charge in [-0.2, -0.15) is 0 Å². The molecule has 1 aliphatic rings. The van der Waals surface area contributed by atoms with Crippen molar-refractivity contribution in [1.29, 1.82) is 0 Å². The molecule has 0 fully saturated rings. The fourth-order valence-electron chi connectivity index (χ4n) is 2.05. The average Bonchev–Trinajstić information content (AvgIpc) is 2.64. The number of thiophene rings is 1. The first-order valence-corrected chi connectivity index (χ1v) is 6.16. The Bertz CT molecular complexity index is 623. The number of rotatable bonds is 1. The van der Waals surface area contributed by atoms with Crippen molar-refractivity contribution in [2.45, 2.75) is 6.42 Å². The van der Waals surface area contributed by atoms with E-state index in [2.05, 4.69) is 12.1 Å². The largest absolute Gasteiger partial charge is 0.544 e. The lowest BCUT2D eigenvalue weighted by Gasteiger charge is -2.02. The van der Waals surface area contributed by atoms with Crippen LogP contribution in [0.2, 0.25) is 0 Å². The molecule has 1 heterocycles. The highest BCUT2D eigenvalue weighted by Gasteiger charge is 2.12. The van der Waals surface area contributed by atoms with Gasteiger partial charge in [-0.15, -0.1) is 11.3 Å². The van der Waals surface area contributed by atoms with Crippen LogP contribution in [0.25, 0.3) is 12.2 Å². The summed E-state index contributed by atoms with van der Waals surface area (Å²) in [5.41, 5.74) is 3.49. The third kappa shape index (κ3) is 1.78. The van der Waals surface area contributed by atoms with Crippen molar-refractivity contribution < 1.29 is 9.90 Å². The summed E-state index contributed by atoms with van der Waals surface area (Å²) in [5, 5.41) is 10.8. The van der Waals surface area contributed by atoms with Crippen molar-refractivity contribution in [1.82, 2.24) is 0 Å². The number of carboxylic acid groups (broad SMARTS) is 1. The number of hydrogen-bond acceptors (Lipinski definition) is 3. The highest BCUT2D eigenvalue weighted by molar-refractivity contribution is 7.15. The number of fused-ring (bicyclic) bond motifs is 2. The van der Waals surface area contributed by atoms with Crippen LogP contribution in [0.5, 0.6) is 0 Å².